The first-order valence-electron chi connectivity index (χ1n) is 3.57. The van der Waals surface area contributed by atoms with Gasteiger partial charge in [-0.25, -0.2) is 0 Å². The van der Waals surface area contributed by atoms with E-state index in [1.807, 2.05) is 6.08 Å². The van der Waals surface area contributed by atoms with E-state index in [0.717, 1.165) is 13.0 Å². The van der Waals surface area contributed by atoms with Crippen molar-refractivity contribution < 1.29 is 4.79 Å². The molecule has 0 rings (SSSR count). The molecule has 0 aromatic heterocycles. The highest BCUT2D eigenvalue weighted by Crippen LogP contribution is 2.00. The minimum Gasteiger partial charge on any atom is -0.356 e. The fourth-order valence-electron chi connectivity index (χ4n) is 0.669. The van der Waals surface area contributed by atoms with Crippen LogP contribution in [0, 0.1) is 5.92 Å². The predicted molar refractivity (Wildman–Crippen MR) is 42.7 cm³/mol. The minimum absolute atomic E-state index is 0.0281. The van der Waals surface area contributed by atoms with E-state index in [1.54, 1.807) is 0 Å². The molecule has 58 valence electrons. The van der Waals surface area contributed by atoms with E-state index in [4.69, 9.17) is 0 Å². The number of amides is 1. The smallest absolute Gasteiger partial charge is 0.216 e. The monoisotopic (exact) mass is 141 g/mol. The van der Waals surface area contributed by atoms with Gasteiger partial charge in [0.25, 0.3) is 0 Å². The van der Waals surface area contributed by atoms with Gasteiger partial charge in [-0.05, 0) is 12.3 Å². The van der Waals surface area contributed by atoms with Crippen molar-refractivity contribution in [3.05, 3.63) is 12.7 Å². The molecule has 1 unspecified atom stereocenters. The fourth-order valence-corrected chi connectivity index (χ4v) is 0.669. The average molecular weight is 141 g/mol. The zero-order valence-electron chi connectivity index (χ0n) is 6.68. The van der Waals surface area contributed by atoms with Crippen molar-refractivity contribution in [2.24, 2.45) is 5.92 Å². The number of carbonyl (C=O) groups excluding carboxylic acids is 1. The van der Waals surface area contributed by atoms with Crippen molar-refractivity contribution in [3.63, 3.8) is 0 Å². The highest BCUT2D eigenvalue weighted by molar-refractivity contribution is 5.72. The lowest BCUT2D eigenvalue weighted by Gasteiger charge is -2.08. The van der Waals surface area contributed by atoms with E-state index < -0.39 is 0 Å². The molecule has 2 nitrogen and oxygen atoms in total. The van der Waals surface area contributed by atoms with Crippen molar-refractivity contribution in [1.82, 2.24) is 5.32 Å². The molecule has 0 aromatic rings. The Labute approximate surface area is 62.3 Å². The van der Waals surface area contributed by atoms with Gasteiger partial charge in [0.2, 0.25) is 5.91 Å². The number of carbonyl (C=O) groups is 1. The molecule has 0 radical (unpaired) electrons. The van der Waals surface area contributed by atoms with E-state index in [-0.39, 0.29) is 5.91 Å². The van der Waals surface area contributed by atoms with E-state index in [1.165, 1.54) is 6.92 Å². The lowest BCUT2D eigenvalue weighted by Crippen LogP contribution is -2.25. The maximum Gasteiger partial charge on any atom is 0.216 e. The zero-order valence-corrected chi connectivity index (χ0v) is 6.68. The molecule has 0 aliphatic carbocycles. The van der Waals surface area contributed by atoms with Gasteiger partial charge in [0.1, 0.15) is 0 Å². The molecule has 1 atom stereocenters. The Balaban J connectivity index is 3.44. The van der Waals surface area contributed by atoms with E-state index in [9.17, 15) is 4.79 Å². The van der Waals surface area contributed by atoms with Gasteiger partial charge in [-0.15, -0.1) is 6.58 Å². The Hall–Kier alpha value is -0.790. The Kier molecular flexibility index (Phi) is 4.63. The van der Waals surface area contributed by atoms with Crippen molar-refractivity contribution in [1.29, 1.82) is 0 Å². The summed E-state index contributed by atoms with van der Waals surface area (Å²) in [6, 6.07) is 0. The number of nitrogens with one attached hydrogen (secondary N) is 1. The molecule has 0 saturated heterocycles. The topological polar surface area (TPSA) is 29.1 Å². The summed E-state index contributed by atoms with van der Waals surface area (Å²) in [6.07, 6.45) is 2.90. The van der Waals surface area contributed by atoms with Crippen LogP contribution in [0.2, 0.25) is 0 Å². The summed E-state index contributed by atoms with van der Waals surface area (Å²) in [5.41, 5.74) is 0. The van der Waals surface area contributed by atoms with Crippen LogP contribution in [-0.4, -0.2) is 12.5 Å². The van der Waals surface area contributed by atoms with Gasteiger partial charge in [-0.3, -0.25) is 4.79 Å². The third-order valence-corrected chi connectivity index (χ3v) is 1.47. The highest BCUT2D eigenvalue weighted by Gasteiger charge is 1.99. The number of rotatable bonds is 4. The minimum atomic E-state index is 0.0281. The second kappa shape index (κ2) is 5.03. The Morgan fingerprint density at radius 1 is 1.80 bits per heavy atom. The van der Waals surface area contributed by atoms with Gasteiger partial charge in [0.15, 0.2) is 0 Å². The van der Waals surface area contributed by atoms with E-state index >= 15 is 0 Å². The van der Waals surface area contributed by atoms with Crippen molar-refractivity contribution in [2.45, 2.75) is 20.3 Å². The van der Waals surface area contributed by atoms with Gasteiger partial charge in [0, 0.05) is 13.5 Å². The first-order valence-corrected chi connectivity index (χ1v) is 3.57. The maximum atomic E-state index is 10.4. The van der Waals surface area contributed by atoms with Crippen LogP contribution in [0.25, 0.3) is 0 Å². The van der Waals surface area contributed by atoms with Crippen molar-refractivity contribution in [3.8, 4) is 0 Å². The molecule has 1 N–H and O–H groups in total. The molecule has 0 heterocycles. The van der Waals surface area contributed by atoms with Gasteiger partial charge >= 0.3 is 0 Å². The molecular weight excluding hydrogens is 126 g/mol. The molecule has 0 aliphatic rings. The zero-order chi connectivity index (χ0) is 7.98. The van der Waals surface area contributed by atoms with Gasteiger partial charge in [0.05, 0.1) is 0 Å². The van der Waals surface area contributed by atoms with E-state index in [0.29, 0.717) is 5.92 Å². The summed E-state index contributed by atoms with van der Waals surface area (Å²) < 4.78 is 0. The lowest BCUT2D eigenvalue weighted by molar-refractivity contribution is -0.119. The van der Waals surface area contributed by atoms with Crippen LogP contribution in [-0.2, 0) is 4.79 Å². The average Bonchev–Trinajstić information content (AvgIpc) is 1.90. The fraction of sp³-hybridized carbons (Fsp3) is 0.625. The first-order chi connectivity index (χ1) is 4.70. The highest BCUT2D eigenvalue weighted by atomic mass is 16.1. The third-order valence-electron chi connectivity index (χ3n) is 1.47. The SMILES string of the molecule is C=CC(CC)CNC(C)=O. The summed E-state index contributed by atoms with van der Waals surface area (Å²) >= 11 is 0. The predicted octanol–water partition coefficient (Wildman–Crippen LogP) is 1.33. The second-order valence-corrected chi connectivity index (χ2v) is 2.34. The molecule has 0 aliphatic heterocycles. The second-order valence-electron chi connectivity index (χ2n) is 2.34. The van der Waals surface area contributed by atoms with Crippen LogP contribution < -0.4 is 5.32 Å². The summed E-state index contributed by atoms with van der Waals surface area (Å²) in [5, 5.41) is 2.74. The summed E-state index contributed by atoms with van der Waals surface area (Å²) in [6.45, 7) is 7.98. The maximum absolute atomic E-state index is 10.4. The molecular formula is C8H15NO. The largest absolute Gasteiger partial charge is 0.356 e. The Morgan fingerprint density at radius 2 is 2.40 bits per heavy atom. The lowest BCUT2D eigenvalue weighted by atomic mass is 10.1. The normalized spacial score (nSPS) is 12.2. The van der Waals surface area contributed by atoms with Crippen LogP contribution >= 0.6 is 0 Å². The van der Waals surface area contributed by atoms with Gasteiger partial charge < -0.3 is 5.32 Å². The van der Waals surface area contributed by atoms with Crippen LogP contribution in [0.4, 0.5) is 0 Å². The van der Waals surface area contributed by atoms with Crippen LogP contribution in [0.1, 0.15) is 20.3 Å². The summed E-state index contributed by atoms with van der Waals surface area (Å²) in [5.74, 6) is 0.448. The molecule has 0 fully saturated rings. The summed E-state index contributed by atoms with van der Waals surface area (Å²) in [7, 11) is 0. The molecule has 0 saturated carbocycles. The van der Waals surface area contributed by atoms with Crippen LogP contribution in [0.5, 0.6) is 0 Å². The van der Waals surface area contributed by atoms with Gasteiger partial charge in [-0.1, -0.05) is 13.0 Å². The van der Waals surface area contributed by atoms with Crippen LogP contribution in [0.15, 0.2) is 12.7 Å². The number of hydrogen-bond acceptors (Lipinski definition) is 1. The van der Waals surface area contributed by atoms with E-state index in [2.05, 4.69) is 18.8 Å². The molecule has 2 heteroatoms. The third kappa shape index (κ3) is 4.13. The molecule has 1 amide bonds. The van der Waals surface area contributed by atoms with Crippen LogP contribution in [0.3, 0.4) is 0 Å². The standard InChI is InChI=1S/C8H15NO/c1-4-8(5-2)6-9-7(3)10/h4,8H,1,5-6H2,2-3H3,(H,9,10). The first kappa shape index (κ1) is 9.21. The molecule has 10 heavy (non-hydrogen) atoms. The molecule has 0 spiro atoms. The van der Waals surface area contributed by atoms with Gasteiger partial charge in [-0.2, -0.15) is 0 Å². The van der Waals surface area contributed by atoms with Crippen molar-refractivity contribution in [2.75, 3.05) is 6.54 Å². The molecule has 0 bridgehead atoms. The van der Waals surface area contributed by atoms with Crippen molar-refractivity contribution >= 4 is 5.91 Å². The Bertz CT molecular complexity index is 120. The quantitative estimate of drug-likeness (QED) is 0.588. The Morgan fingerprint density at radius 3 is 2.70 bits per heavy atom. The number of hydrogen-bond donors (Lipinski definition) is 1. The summed E-state index contributed by atoms with van der Waals surface area (Å²) in [4.78, 5) is 10.4. The molecule has 0 aromatic carbocycles.